The topological polar surface area (TPSA) is 58.6 Å². The number of anilines is 1. The molecule has 6 nitrogen and oxygen atoms in total. The number of unbranched alkanes of at least 4 members (excludes halogenated alkanes) is 6. The van der Waals surface area contributed by atoms with Crippen LogP contribution in [0.4, 0.5) is 5.13 Å². The number of carbonyl (C=O) groups excluding carboxylic acids is 1. The molecular weight excluding hydrogens is 420 g/mol. The lowest BCUT2D eigenvalue weighted by Crippen LogP contribution is -2.54. The number of benzene rings is 1. The first-order valence-electron chi connectivity index (χ1n) is 12.1. The van der Waals surface area contributed by atoms with Gasteiger partial charge in [-0.3, -0.25) is 4.79 Å². The number of hydrogen-bond donors (Lipinski definition) is 0. The molecule has 1 fully saturated rings. The average Bonchev–Trinajstić information content (AvgIpc) is 3.26. The number of methoxy groups -OCH3 is 1. The van der Waals surface area contributed by atoms with Gasteiger partial charge in [-0.05, 0) is 31.0 Å². The van der Waals surface area contributed by atoms with Crippen molar-refractivity contribution < 1.29 is 9.53 Å². The number of nitrogens with zero attached hydrogens (tertiary/aromatic N) is 4. The van der Waals surface area contributed by atoms with Gasteiger partial charge in [-0.15, -0.1) is 0 Å². The van der Waals surface area contributed by atoms with Crippen molar-refractivity contribution in [3.8, 4) is 5.75 Å². The third-order valence-electron chi connectivity index (χ3n) is 6.17. The van der Waals surface area contributed by atoms with Crippen molar-refractivity contribution in [1.29, 1.82) is 0 Å². The van der Waals surface area contributed by atoms with Crippen LogP contribution in [0.1, 0.15) is 76.6 Å². The molecule has 1 atom stereocenters. The van der Waals surface area contributed by atoms with E-state index in [1.165, 1.54) is 50.1 Å². The summed E-state index contributed by atoms with van der Waals surface area (Å²) in [6.45, 7) is 6.79. The van der Waals surface area contributed by atoms with Crippen molar-refractivity contribution in [3.63, 3.8) is 0 Å². The molecule has 0 bridgehead atoms. The quantitative estimate of drug-likeness (QED) is 0.403. The molecule has 1 aliphatic heterocycles. The second kappa shape index (κ2) is 12.8. The Bertz CT molecular complexity index is 841. The zero-order valence-electron chi connectivity index (χ0n) is 19.9. The van der Waals surface area contributed by atoms with E-state index in [4.69, 9.17) is 9.72 Å². The first-order chi connectivity index (χ1) is 15.6. The van der Waals surface area contributed by atoms with Crippen molar-refractivity contribution in [3.05, 3.63) is 35.7 Å². The van der Waals surface area contributed by atoms with Crippen LogP contribution in [0, 0.1) is 0 Å². The SMILES string of the molecule is CCCCCCCCCC(=O)N1CCN(c2nc(Cc3cccc(OC)c3)ns2)CC1C. The van der Waals surface area contributed by atoms with E-state index >= 15 is 0 Å². The van der Waals surface area contributed by atoms with E-state index in [9.17, 15) is 4.79 Å². The molecule has 1 aromatic carbocycles. The second-order valence-electron chi connectivity index (χ2n) is 8.77. The van der Waals surface area contributed by atoms with Crippen LogP contribution < -0.4 is 9.64 Å². The Morgan fingerprint density at radius 2 is 1.94 bits per heavy atom. The standard InChI is InChI=1S/C25H38N4O2S/c1-4-5-6-7-8-9-10-14-24(30)29-16-15-28(19-20(29)2)25-26-23(27-32-25)18-21-12-11-13-22(17-21)31-3/h11-13,17,20H,4-10,14-16,18-19H2,1-3H3. The molecule has 7 heteroatoms. The molecule has 32 heavy (non-hydrogen) atoms. The van der Waals surface area contributed by atoms with E-state index in [1.807, 2.05) is 18.2 Å². The zero-order valence-corrected chi connectivity index (χ0v) is 20.7. The Morgan fingerprint density at radius 3 is 2.69 bits per heavy atom. The molecule has 3 rings (SSSR count). The van der Waals surface area contributed by atoms with Crippen molar-refractivity contribution >= 4 is 22.6 Å². The third-order valence-corrected chi connectivity index (χ3v) is 6.98. The monoisotopic (exact) mass is 458 g/mol. The number of ether oxygens (including phenoxy) is 1. The van der Waals surface area contributed by atoms with E-state index in [-0.39, 0.29) is 6.04 Å². The Kier molecular flexibility index (Phi) is 9.78. The predicted octanol–water partition coefficient (Wildman–Crippen LogP) is 5.32. The minimum atomic E-state index is 0.200. The number of aromatic nitrogens is 2. The Balaban J connectivity index is 1.43. The maximum atomic E-state index is 12.7. The highest BCUT2D eigenvalue weighted by atomic mass is 32.1. The molecule has 2 aromatic rings. The molecule has 1 amide bonds. The summed E-state index contributed by atoms with van der Waals surface area (Å²) in [6, 6.07) is 8.23. The van der Waals surface area contributed by atoms with Crippen LogP contribution in [0.2, 0.25) is 0 Å². The summed E-state index contributed by atoms with van der Waals surface area (Å²) in [5.41, 5.74) is 1.14. The highest BCUT2D eigenvalue weighted by Crippen LogP contribution is 2.24. The molecule has 0 aliphatic carbocycles. The molecule has 0 N–H and O–H groups in total. The summed E-state index contributed by atoms with van der Waals surface area (Å²) in [5, 5.41) is 0.953. The third kappa shape index (κ3) is 7.19. The first-order valence-corrected chi connectivity index (χ1v) is 12.9. The van der Waals surface area contributed by atoms with Gasteiger partial charge in [0.25, 0.3) is 0 Å². The van der Waals surface area contributed by atoms with Crippen LogP contribution in [0.3, 0.4) is 0 Å². The van der Waals surface area contributed by atoms with Crippen LogP contribution in [-0.2, 0) is 11.2 Å². The molecule has 176 valence electrons. The van der Waals surface area contributed by atoms with E-state index < -0.39 is 0 Å². The van der Waals surface area contributed by atoms with Gasteiger partial charge < -0.3 is 14.5 Å². The molecule has 1 aromatic heterocycles. The van der Waals surface area contributed by atoms with E-state index in [0.29, 0.717) is 18.7 Å². The summed E-state index contributed by atoms with van der Waals surface area (Å²) in [7, 11) is 1.68. The summed E-state index contributed by atoms with van der Waals surface area (Å²) in [4.78, 5) is 21.8. The minimum absolute atomic E-state index is 0.200. The molecule has 2 heterocycles. The van der Waals surface area contributed by atoms with Gasteiger partial charge in [0.05, 0.1) is 7.11 Å². The van der Waals surface area contributed by atoms with E-state index in [1.54, 1.807) is 7.11 Å². The Labute approximate surface area is 197 Å². The van der Waals surface area contributed by atoms with Crippen LogP contribution in [0.15, 0.2) is 24.3 Å². The normalized spacial score (nSPS) is 16.4. The van der Waals surface area contributed by atoms with E-state index in [2.05, 4.69) is 34.1 Å². The molecule has 0 radical (unpaired) electrons. The van der Waals surface area contributed by atoms with Crippen LogP contribution >= 0.6 is 11.5 Å². The largest absolute Gasteiger partial charge is 0.497 e. The number of rotatable bonds is 12. The van der Waals surface area contributed by atoms with Crippen LogP contribution in [-0.4, -0.2) is 53.0 Å². The van der Waals surface area contributed by atoms with E-state index in [0.717, 1.165) is 48.3 Å². The van der Waals surface area contributed by atoms with Crippen molar-refractivity contribution in [2.45, 2.75) is 77.7 Å². The molecule has 1 saturated heterocycles. The molecule has 0 saturated carbocycles. The van der Waals surface area contributed by atoms with Crippen molar-refractivity contribution in [2.24, 2.45) is 0 Å². The number of amides is 1. The zero-order chi connectivity index (χ0) is 22.8. The smallest absolute Gasteiger partial charge is 0.222 e. The molecular formula is C25H38N4O2S. The summed E-state index contributed by atoms with van der Waals surface area (Å²) >= 11 is 1.45. The number of carbonyl (C=O) groups is 1. The molecule has 1 unspecified atom stereocenters. The maximum Gasteiger partial charge on any atom is 0.222 e. The van der Waals surface area contributed by atoms with Crippen molar-refractivity contribution in [2.75, 3.05) is 31.6 Å². The number of hydrogen-bond acceptors (Lipinski definition) is 6. The lowest BCUT2D eigenvalue weighted by atomic mass is 10.1. The van der Waals surface area contributed by atoms with Gasteiger partial charge in [-0.25, -0.2) is 4.98 Å². The predicted molar refractivity (Wildman–Crippen MR) is 132 cm³/mol. The lowest BCUT2D eigenvalue weighted by Gasteiger charge is -2.39. The Morgan fingerprint density at radius 1 is 1.16 bits per heavy atom. The minimum Gasteiger partial charge on any atom is -0.497 e. The van der Waals surface area contributed by atoms with Gasteiger partial charge in [0.2, 0.25) is 11.0 Å². The average molecular weight is 459 g/mol. The molecule has 1 aliphatic rings. The highest BCUT2D eigenvalue weighted by Gasteiger charge is 2.28. The lowest BCUT2D eigenvalue weighted by molar-refractivity contribution is -0.133. The van der Waals surface area contributed by atoms with Gasteiger partial charge in [0, 0.05) is 50.1 Å². The fraction of sp³-hybridized carbons (Fsp3) is 0.640. The van der Waals surface area contributed by atoms with Crippen LogP contribution in [0.25, 0.3) is 0 Å². The first kappa shape index (κ1) is 24.5. The summed E-state index contributed by atoms with van der Waals surface area (Å²) < 4.78 is 9.87. The fourth-order valence-electron chi connectivity index (χ4n) is 4.29. The summed E-state index contributed by atoms with van der Waals surface area (Å²) in [5.74, 6) is 1.99. The van der Waals surface area contributed by atoms with Gasteiger partial charge in [-0.2, -0.15) is 4.37 Å². The Hall–Kier alpha value is -2.15. The maximum absolute atomic E-state index is 12.7. The van der Waals surface area contributed by atoms with Gasteiger partial charge >= 0.3 is 0 Å². The van der Waals surface area contributed by atoms with Gasteiger partial charge in [0.15, 0.2) is 0 Å². The van der Waals surface area contributed by atoms with Gasteiger partial charge in [-0.1, -0.05) is 57.6 Å². The highest BCUT2D eigenvalue weighted by molar-refractivity contribution is 7.09. The second-order valence-corrected chi connectivity index (χ2v) is 9.51. The van der Waals surface area contributed by atoms with Crippen molar-refractivity contribution in [1.82, 2.24) is 14.3 Å². The van der Waals surface area contributed by atoms with Gasteiger partial charge in [0.1, 0.15) is 11.6 Å². The summed E-state index contributed by atoms with van der Waals surface area (Å²) in [6.07, 6.45) is 10.1. The molecule has 0 spiro atoms. The number of piperazine rings is 1. The van der Waals surface area contributed by atoms with Crippen LogP contribution in [0.5, 0.6) is 5.75 Å². The fourth-order valence-corrected chi connectivity index (χ4v) is 5.01.